The van der Waals surface area contributed by atoms with Gasteiger partial charge in [-0.3, -0.25) is 14.6 Å². The fraction of sp³-hybridized carbons (Fsp3) is 0.524. The molecule has 6 nitrogen and oxygen atoms in total. The van der Waals surface area contributed by atoms with E-state index in [0.717, 1.165) is 23.5 Å². The number of aromatic nitrogens is 2. The van der Waals surface area contributed by atoms with Crippen molar-refractivity contribution in [2.24, 2.45) is 5.92 Å². The first kappa shape index (κ1) is 19.1. The van der Waals surface area contributed by atoms with Crippen molar-refractivity contribution in [2.45, 2.75) is 51.5 Å². The van der Waals surface area contributed by atoms with E-state index in [1.54, 1.807) is 17.5 Å². The fourth-order valence-electron chi connectivity index (χ4n) is 3.93. The summed E-state index contributed by atoms with van der Waals surface area (Å²) in [5.74, 6) is 0.0205. The van der Waals surface area contributed by atoms with Gasteiger partial charge in [0.15, 0.2) is 0 Å². The summed E-state index contributed by atoms with van der Waals surface area (Å²) in [6.45, 7) is 1.60. The van der Waals surface area contributed by atoms with E-state index in [4.69, 9.17) is 4.98 Å². The third-order valence-electron chi connectivity index (χ3n) is 5.54. The predicted molar refractivity (Wildman–Crippen MR) is 108 cm³/mol. The van der Waals surface area contributed by atoms with Gasteiger partial charge in [-0.1, -0.05) is 6.07 Å². The zero-order valence-electron chi connectivity index (χ0n) is 16.0. The molecule has 0 saturated carbocycles. The number of pyridine rings is 1. The van der Waals surface area contributed by atoms with Gasteiger partial charge in [0.1, 0.15) is 5.01 Å². The number of piperidine rings is 1. The summed E-state index contributed by atoms with van der Waals surface area (Å²) in [4.78, 5) is 37.1. The average molecular weight is 399 g/mol. The van der Waals surface area contributed by atoms with Crippen LogP contribution in [-0.2, 0) is 35.4 Å². The van der Waals surface area contributed by atoms with Gasteiger partial charge in [0.05, 0.1) is 18.2 Å². The second-order valence-corrected chi connectivity index (χ2v) is 8.72. The van der Waals surface area contributed by atoms with Crippen LogP contribution in [0.2, 0.25) is 0 Å². The van der Waals surface area contributed by atoms with Crippen molar-refractivity contribution in [3.63, 3.8) is 0 Å². The summed E-state index contributed by atoms with van der Waals surface area (Å²) in [5.41, 5.74) is 2.19. The molecule has 1 atom stereocenters. The van der Waals surface area contributed by atoms with Gasteiger partial charge < -0.3 is 10.2 Å². The highest BCUT2D eigenvalue weighted by Gasteiger charge is 2.30. The van der Waals surface area contributed by atoms with E-state index >= 15 is 0 Å². The Balaban J connectivity index is 1.29. The summed E-state index contributed by atoms with van der Waals surface area (Å²) >= 11 is 1.73. The molecule has 1 N–H and O–H groups in total. The van der Waals surface area contributed by atoms with Gasteiger partial charge in [-0.05, 0) is 44.2 Å². The molecule has 0 aromatic carbocycles. The highest BCUT2D eigenvalue weighted by molar-refractivity contribution is 7.11. The lowest BCUT2D eigenvalue weighted by atomic mass is 9.96. The molecule has 0 bridgehead atoms. The molecule has 4 rings (SSSR count). The Morgan fingerprint density at radius 1 is 1.25 bits per heavy atom. The quantitative estimate of drug-likeness (QED) is 0.811. The Hall–Kier alpha value is -2.28. The first-order valence-electron chi connectivity index (χ1n) is 10.1. The maximum atomic E-state index is 12.7. The number of hydrogen-bond donors (Lipinski definition) is 1. The zero-order chi connectivity index (χ0) is 19.3. The van der Waals surface area contributed by atoms with Crippen LogP contribution in [0.1, 0.15) is 47.0 Å². The van der Waals surface area contributed by atoms with Crippen molar-refractivity contribution in [3.8, 4) is 0 Å². The number of likely N-dealkylation sites (tertiary alicyclic amines) is 1. The standard InChI is InChI=1S/C21H26N4O2S/c26-20-9-8-15(14-25(20)12-10-16-5-3-4-11-22-16)21(27)23-13-19-24-17-6-1-2-7-18(17)28-19/h3-5,11,15H,1-2,6-10,12-14H2,(H,23,27). The van der Waals surface area contributed by atoms with Crippen molar-refractivity contribution in [1.29, 1.82) is 0 Å². The molecule has 0 radical (unpaired) electrons. The number of nitrogens with zero attached hydrogens (tertiary/aromatic N) is 3. The summed E-state index contributed by atoms with van der Waals surface area (Å²) in [6, 6.07) is 5.80. The molecular formula is C21H26N4O2S. The Bertz CT molecular complexity index is 813. The SMILES string of the molecule is O=C(NCc1nc2c(s1)CCCC2)C1CCC(=O)N(CCc2ccccn2)C1. The number of fused-ring (bicyclic) bond motifs is 1. The third kappa shape index (κ3) is 4.58. The van der Waals surface area contributed by atoms with Gasteiger partial charge in [-0.25, -0.2) is 4.98 Å². The van der Waals surface area contributed by atoms with E-state index < -0.39 is 0 Å². The smallest absolute Gasteiger partial charge is 0.225 e. The zero-order valence-corrected chi connectivity index (χ0v) is 16.8. The molecule has 2 aliphatic rings. The number of carbonyl (C=O) groups excluding carboxylic acids is 2. The number of nitrogens with one attached hydrogen (secondary N) is 1. The number of carbonyl (C=O) groups is 2. The Morgan fingerprint density at radius 3 is 2.96 bits per heavy atom. The summed E-state index contributed by atoms with van der Waals surface area (Å²) in [6.07, 6.45) is 8.18. The van der Waals surface area contributed by atoms with Crippen LogP contribution in [0.5, 0.6) is 0 Å². The lowest BCUT2D eigenvalue weighted by Gasteiger charge is -2.31. The van der Waals surface area contributed by atoms with Gasteiger partial charge in [0.2, 0.25) is 11.8 Å². The van der Waals surface area contributed by atoms with Gasteiger partial charge in [0, 0.05) is 42.7 Å². The predicted octanol–water partition coefficient (Wildman–Crippen LogP) is 2.51. The van der Waals surface area contributed by atoms with Crippen LogP contribution in [0.15, 0.2) is 24.4 Å². The Kier molecular flexibility index (Phi) is 6.00. The largest absolute Gasteiger partial charge is 0.349 e. The fourth-order valence-corrected chi connectivity index (χ4v) is 5.03. The second-order valence-electron chi connectivity index (χ2n) is 7.55. The summed E-state index contributed by atoms with van der Waals surface area (Å²) in [5, 5.41) is 4.04. The molecule has 1 aliphatic carbocycles. The lowest BCUT2D eigenvalue weighted by molar-refractivity contribution is -0.138. The van der Waals surface area contributed by atoms with E-state index in [1.165, 1.54) is 23.4 Å². The molecule has 1 aliphatic heterocycles. The van der Waals surface area contributed by atoms with Gasteiger partial charge in [-0.15, -0.1) is 11.3 Å². The highest BCUT2D eigenvalue weighted by Crippen LogP contribution is 2.26. The minimum Gasteiger partial charge on any atom is -0.349 e. The molecular weight excluding hydrogens is 372 g/mol. The molecule has 2 aromatic rings. The number of rotatable bonds is 6. The normalized spacial score (nSPS) is 19.4. The van der Waals surface area contributed by atoms with E-state index in [9.17, 15) is 9.59 Å². The molecule has 0 spiro atoms. The first-order valence-corrected chi connectivity index (χ1v) is 10.9. The minimum atomic E-state index is -0.143. The molecule has 1 fully saturated rings. The second kappa shape index (κ2) is 8.82. The van der Waals surface area contributed by atoms with Crippen molar-refractivity contribution in [2.75, 3.05) is 13.1 Å². The monoisotopic (exact) mass is 398 g/mol. The van der Waals surface area contributed by atoms with E-state index in [1.807, 2.05) is 23.1 Å². The van der Waals surface area contributed by atoms with Gasteiger partial charge in [0.25, 0.3) is 0 Å². The van der Waals surface area contributed by atoms with Crippen LogP contribution in [0.4, 0.5) is 0 Å². The Labute approximate surface area is 169 Å². The van der Waals surface area contributed by atoms with Crippen LogP contribution in [0.25, 0.3) is 0 Å². The van der Waals surface area contributed by atoms with Crippen LogP contribution in [0.3, 0.4) is 0 Å². The summed E-state index contributed by atoms with van der Waals surface area (Å²) < 4.78 is 0. The van der Waals surface area contributed by atoms with Crippen LogP contribution < -0.4 is 5.32 Å². The van der Waals surface area contributed by atoms with E-state index in [-0.39, 0.29) is 17.7 Å². The van der Waals surface area contributed by atoms with E-state index in [2.05, 4.69) is 10.3 Å². The average Bonchev–Trinajstić information content (AvgIpc) is 3.15. The van der Waals surface area contributed by atoms with Crippen LogP contribution >= 0.6 is 11.3 Å². The third-order valence-corrected chi connectivity index (χ3v) is 6.70. The number of amides is 2. The van der Waals surface area contributed by atoms with Gasteiger partial charge in [-0.2, -0.15) is 0 Å². The Morgan fingerprint density at radius 2 is 2.14 bits per heavy atom. The minimum absolute atomic E-state index is 0.0310. The highest BCUT2D eigenvalue weighted by atomic mass is 32.1. The first-order chi connectivity index (χ1) is 13.7. The van der Waals surface area contributed by atoms with Gasteiger partial charge >= 0.3 is 0 Å². The van der Waals surface area contributed by atoms with Crippen LogP contribution in [0, 0.1) is 5.92 Å². The topological polar surface area (TPSA) is 75.2 Å². The summed E-state index contributed by atoms with van der Waals surface area (Å²) in [7, 11) is 0. The molecule has 28 heavy (non-hydrogen) atoms. The number of thiazole rings is 1. The van der Waals surface area contributed by atoms with Crippen molar-refractivity contribution < 1.29 is 9.59 Å². The molecule has 1 saturated heterocycles. The molecule has 3 heterocycles. The molecule has 148 valence electrons. The number of aryl methyl sites for hydroxylation is 2. The molecule has 2 amide bonds. The molecule has 2 aromatic heterocycles. The molecule has 7 heteroatoms. The van der Waals surface area contributed by atoms with E-state index in [0.29, 0.717) is 38.9 Å². The van der Waals surface area contributed by atoms with Crippen molar-refractivity contribution >= 4 is 23.2 Å². The molecule has 1 unspecified atom stereocenters. The maximum Gasteiger partial charge on any atom is 0.225 e. The van der Waals surface area contributed by atoms with Crippen molar-refractivity contribution in [1.82, 2.24) is 20.2 Å². The van der Waals surface area contributed by atoms with Crippen molar-refractivity contribution in [3.05, 3.63) is 45.7 Å². The maximum absolute atomic E-state index is 12.7. The number of hydrogen-bond acceptors (Lipinski definition) is 5. The lowest BCUT2D eigenvalue weighted by Crippen LogP contribution is -2.46. The van der Waals surface area contributed by atoms with Crippen LogP contribution in [-0.4, -0.2) is 39.8 Å².